The van der Waals surface area contributed by atoms with Crippen molar-refractivity contribution >= 4 is 33.3 Å². The molecule has 0 radical (unpaired) electrons. The van der Waals surface area contributed by atoms with Crippen LogP contribution in [-0.2, 0) is 26.3 Å². The molecule has 0 atom stereocenters. The van der Waals surface area contributed by atoms with Gasteiger partial charge in [-0.15, -0.1) is 11.3 Å². The fourth-order valence-corrected chi connectivity index (χ4v) is 5.69. The average Bonchev–Trinajstić information content (AvgIpc) is 3.02. The second-order valence-electron chi connectivity index (χ2n) is 6.59. The molecule has 130 valence electrons. The molecule has 1 aliphatic carbocycles. The number of rotatable bonds is 5. The number of aryl methyl sites for hydroxylation is 3. The van der Waals surface area contributed by atoms with Gasteiger partial charge in [-0.2, -0.15) is 0 Å². The van der Waals surface area contributed by atoms with E-state index >= 15 is 0 Å². The van der Waals surface area contributed by atoms with Crippen molar-refractivity contribution in [1.29, 1.82) is 0 Å². The lowest BCUT2D eigenvalue weighted by molar-refractivity contribution is 0.695. The molecule has 2 heterocycles. The molecule has 0 saturated heterocycles. The standard InChI is InChI=1S/C20H22N2OS2/c1-22-19(23)17-15-11-5-6-12-16(15)25-18(17)21-20(22)24-13-7-10-14-8-3-2-4-9-14/h2-4,8-9H,5-7,10-13H2,1H3. The van der Waals surface area contributed by atoms with Crippen molar-refractivity contribution in [1.82, 2.24) is 9.55 Å². The van der Waals surface area contributed by atoms with Gasteiger partial charge in [0.2, 0.25) is 0 Å². The monoisotopic (exact) mass is 370 g/mol. The van der Waals surface area contributed by atoms with Crippen LogP contribution >= 0.6 is 23.1 Å². The fraction of sp³-hybridized carbons (Fsp3) is 0.400. The van der Waals surface area contributed by atoms with Crippen molar-refractivity contribution in [3.8, 4) is 0 Å². The van der Waals surface area contributed by atoms with Crippen molar-refractivity contribution in [3.05, 3.63) is 56.7 Å². The first kappa shape index (κ1) is 16.9. The third kappa shape index (κ3) is 3.40. The molecule has 0 unspecified atom stereocenters. The van der Waals surface area contributed by atoms with Crippen molar-refractivity contribution in [2.45, 2.75) is 43.7 Å². The Morgan fingerprint density at radius 2 is 2.00 bits per heavy atom. The minimum absolute atomic E-state index is 0.134. The first-order valence-corrected chi connectivity index (χ1v) is 10.7. The van der Waals surface area contributed by atoms with Gasteiger partial charge in [-0.1, -0.05) is 42.1 Å². The molecule has 1 aromatic carbocycles. The molecule has 5 heteroatoms. The minimum atomic E-state index is 0.134. The molecular weight excluding hydrogens is 348 g/mol. The summed E-state index contributed by atoms with van der Waals surface area (Å²) in [5.74, 6) is 0.978. The third-order valence-corrected chi connectivity index (χ3v) is 7.14. The van der Waals surface area contributed by atoms with E-state index in [9.17, 15) is 4.79 Å². The summed E-state index contributed by atoms with van der Waals surface area (Å²) in [5.41, 5.74) is 2.78. The van der Waals surface area contributed by atoms with Gasteiger partial charge in [-0.25, -0.2) is 4.98 Å². The lowest BCUT2D eigenvalue weighted by atomic mass is 9.97. The summed E-state index contributed by atoms with van der Waals surface area (Å²) in [4.78, 5) is 20.0. The molecule has 3 aromatic rings. The molecule has 3 nitrogen and oxygen atoms in total. The zero-order chi connectivity index (χ0) is 17.2. The van der Waals surface area contributed by atoms with Crippen LogP contribution in [0.25, 0.3) is 10.2 Å². The van der Waals surface area contributed by atoms with Gasteiger partial charge >= 0.3 is 0 Å². The largest absolute Gasteiger partial charge is 0.290 e. The Morgan fingerprint density at radius 3 is 2.84 bits per heavy atom. The molecule has 0 N–H and O–H groups in total. The molecule has 0 saturated carbocycles. The highest BCUT2D eigenvalue weighted by atomic mass is 32.2. The lowest BCUT2D eigenvalue weighted by Gasteiger charge is -2.10. The number of thiophene rings is 1. The number of nitrogens with zero attached hydrogens (tertiary/aromatic N) is 2. The van der Waals surface area contributed by atoms with E-state index in [0.717, 1.165) is 46.8 Å². The van der Waals surface area contributed by atoms with Crippen LogP contribution in [0.1, 0.15) is 35.3 Å². The van der Waals surface area contributed by atoms with Crippen molar-refractivity contribution in [2.75, 3.05) is 5.75 Å². The smallest absolute Gasteiger partial charge is 0.262 e. The maximum Gasteiger partial charge on any atom is 0.262 e. The first-order chi connectivity index (χ1) is 12.2. The van der Waals surface area contributed by atoms with Crippen LogP contribution in [0, 0.1) is 0 Å². The minimum Gasteiger partial charge on any atom is -0.290 e. The van der Waals surface area contributed by atoms with Crippen LogP contribution in [0.3, 0.4) is 0 Å². The van der Waals surface area contributed by atoms with E-state index < -0.39 is 0 Å². The summed E-state index contributed by atoms with van der Waals surface area (Å²) < 4.78 is 1.75. The fourth-order valence-electron chi connectivity index (χ4n) is 3.48. The van der Waals surface area contributed by atoms with E-state index in [1.807, 2.05) is 13.1 Å². The second-order valence-corrected chi connectivity index (χ2v) is 8.73. The Labute approximate surface area is 156 Å². The predicted molar refractivity (Wildman–Crippen MR) is 107 cm³/mol. The van der Waals surface area contributed by atoms with Crippen molar-refractivity contribution in [3.63, 3.8) is 0 Å². The summed E-state index contributed by atoms with van der Waals surface area (Å²) in [5, 5.41) is 1.74. The summed E-state index contributed by atoms with van der Waals surface area (Å²) in [6.07, 6.45) is 6.73. The molecule has 25 heavy (non-hydrogen) atoms. The lowest BCUT2D eigenvalue weighted by Crippen LogP contribution is -2.20. The Bertz CT molecular complexity index is 944. The number of thioether (sulfide) groups is 1. The van der Waals surface area contributed by atoms with Crippen molar-refractivity contribution < 1.29 is 0 Å². The molecule has 0 spiro atoms. The van der Waals surface area contributed by atoms with Gasteiger partial charge in [0.05, 0.1) is 5.39 Å². The first-order valence-electron chi connectivity index (χ1n) is 8.92. The van der Waals surface area contributed by atoms with Crippen LogP contribution in [0.2, 0.25) is 0 Å². The van der Waals surface area contributed by atoms with Gasteiger partial charge in [0.25, 0.3) is 5.56 Å². The van der Waals surface area contributed by atoms with E-state index in [1.165, 1.54) is 28.8 Å². The predicted octanol–water partition coefficient (Wildman–Crippen LogP) is 4.60. The second kappa shape index (κ2) is 7.34. The highest BCUT2D eigenvalue weighted by Crippen LogP contribution is 2.34. The van der Waals surface area contributed by atoms with Gasteiger partial charge in [0.15, 0.2) is 5.16 Å². The van der Waals surface area contributed by atoms with Gasteiger partial charge in [0.1, 0.15) is 4.83 Å². The van der Waals surface area contributed by atoms with Gasteiger partial charge in [0, 0.05) is 17.7 Å². The molecular formula is C20H22N2OS2. The number of hydrogen-bond donors (Lipinski definition) is 0. The van der Waals surface area contributed by atoms with E-state index in [1.54, 1.807) is 27.7 Å². The Balaban J connectivity index is 1.52. The number of fused-ring (bicyclic) bond motifs is 3. The molecule has 2 aromatic heterocycles. The maximum absolute atomic E-state index is 12.9. The van der Waals surface area contributed by atoms with Crippen LogP contribution < -0.4 is 5.56 Å². The van der Waals surface area contributed by atoms with Gasteiger partial charge < -0.3 is 0 Å². The number of hydrogen-bond acceptors (Lipinski definition) is 4. The molecule has 0 bridgehead atoms. The zero-order valence-electron chi connectivity index (χ0n) is 14.5. The Hall–Kier alpha value is -1.59. The van der Waals surface area contributed by atoms with E-state index in [-0.39, 0.29) is 5.56 Å². The molecule has 0 amide bonds. The quantitative estimate of drug-likeness (QED) is 0.374. The SMILES string of the molecule is Cn1c(SCCCc2ccccc2)nc2sc3c(c2c1=O)CCCC3. The van der Waals surface area contributed by atoms with E-state index in [4.69, 9.17) is 4.98 Å². The summed E-state index contributed by atoms with van der Waals surface area (Å²) in [7, 11) is 1.86. The Kier molecular flexibility index (Phi) is 4.95. The van der Waals surface area contributed by atoms with Crippen molar-refractivity contribution in [2.24, 2.45) is 7.05 Å². The molecule has 1 aliphatic rings. The van der Waals surface area contributed by atoms with E-state index in [0.29, 0.717) is 0 Å². The van der Waals surface area contributed by atoms with Gasteiger partial charge in [-0.05, 0) is 49.7 Å². The van der Waals surface area contributed by atoms with Gasteiger partial charge in [-0.3, -0.25) is 9.36 Å². The van der Waals surface area contributed by atoms with Crippen LogP contribution in [-0.4, -0.2) is 15.3 Å². The third-order valence-electron chi connectivity index (χ3n) is 4.84. The highest BCUT2D eigenvalue weighted by molar-refractivity contribution is 7.99. The Morgan fingerprint density at radius 1 is 1.20 bits per heavy atom. The maximum atomic E-state index is 12.9. The van der Waals surface area contributed by atoms with Crippen LogP contribution in [0.4, 0.5) is 0 Å². The molecule has 0 aliphatic heterocycles. The summed E-state index contributed by atoms with van der Waals surface area (Å²) >= 11 is 3.43. The zero-order valence-corrected chi connectivity index (χ0v) is 16.1. The summed E-state index contributed by atoms with van der Waals surface area (Å²) in [6, 6.07) is 10.6. The summed E-state index contributed by atoms with van der Waals surface area (Å²) in [6.45, 7) is 0. The molecule has 0 fully saturated rings. The highest BCUT2D eigenvalue weighted by Gasteiger charge is 2.21. The topological polar surface area (TPSA) is 34.9 Å². The number of aromatic nitrogens is 2. The normalized spacial score (nSPS) is 14.0. The molecule has 4 rings (SSSR count). The number of benzene rings is 1. The van der Waals surface area contributed by atoms with E-state index in [2.05, 4.69) is 24.3 Å². The van der Waals surface area contributed by atoms with Crippen LogP contribution in [0.15, 0.2) is 40.3 Å². The average molecular weight is 371 g/mol. The van der Waals surface area contributed by atoms with Crippen LogP contribution in [0.5, 0.6) is 0 Å².